The summed E-state index contributed by atoms with van der Waals surface area (Å²) in [6.07, 6.45) is 2.31. The predicted octanol–water partition coefficient (Wildman–Crippen LogP) is 2.59. The second kappa shape index (κ2) is 11.8. The fourth-order valence-corrected chi connectivity index (χ4v) is 3.43. The number of anilines is 3. The lowest BCUT2D eigenvalue weighted by Gasteiger charge is -2.23. The van der Waals surface area contributed by atoms with Crippen molar-refractivity contribution in [3.05, 3.63) is 48.2 Å². The first-order valence-electron chi connectivity index (χ1n) is 10.8. The lowest BCUT2D eigenvalue weighted by Crippen LogP contribution is -2.38. The molecule has 176 valence electrons. The van der Waals surface area contributed by atoms with E-state index in [2.05, 4.69) is 20.5 Å². The van der Waals surface area contributed by atoms with E-state index in [-0.39, 0.29) is 24.5 Å². The van der Waals surface area contributed by atoms with Crippen LogP contribution in [0.2, 0.25) is 0 Å². The maximum Gasteiger partial charge on any atom is 0.339 e. The summed E-state index contributed by atoms with van der Waals surface area (Å²) in [7, 11) is 1.46. The SMILES string of the molecule is CCOC(=O)c1ccc(N2CCCN(C(=O)Nc3ccc(NC(=O)COC)cc3)CC2)nc1. The smallest absolute Gasteiger partial charge is 0.339 e. The number of esters is 1. The van der Waals surface area contributed by atoms with Gasteiger partial charge in [-0.05, 0) is 49.7 Å². The van der Waals surface area contributed by atoms with Gasteiger partial charge in [-0.15, -0.1) is 0 Å². The van der Waals surface area contributed by atoms with E-state index in [1.165, 1.54) is 13.3 Å². The second-order valence-electron chi connectivity index (χ2n) is 7.44. The van der Waals surface area contributed by atoms with E-state index < -0.39 is 0 Å². The third kappa shape index (κ3) is 6.91. The maximum atomic E-state index is 12.7. The van der Waals surface area contributed by atoms with Gasteiger partial charge in [-0.25, -0.2) is 14.6 Å². The molecular weight excluding hydrogens is 426 g/mol. The lowest BCUT2D eigenvalue weighted by molar-refractivity contribution is -0.119. The molecule has 1 aromatic carbocycles. The quantitative estimate of drug-likeness (QED) is 0.617. The Hall–Kier alpha value is -3.66. The highest BCUT2D eigenvalue weighted by Crippen LogP contribution is 2.17. The summed E-state index contributed by atoms with van der Waals surface area (Å²) in [5.41, 5.74) is 1.68. The van der Waals surface area contributed by atoms with Gasteiger partial charge in [0.25, 0.3) is 0 Å². The van der Waals surface area contributed by atoms with Crippen LogP contribution >= 0.6 is 0 Å². The number of rotatable bonds is 7. The van der Waals surface area contributed by atoms with Gasteiger partial charge >= 0.3 is 12.0 Å². The summed E-state index contributed by atoms with van der Waals surface area (Å²) in [6, 6.07) is 10.2. The number of carbonyl (C=O) groups excluding carboxylic acids is 3. The van der Waals surface area contributed by atoms with Gasteiger partial charge in [0.1, 0.15) is 12.4 Å². The number of methoxy groups -OCH3 is 1. The van der Waals surface area contributed by atoms with Crippen LogP contribution in [0, 0.1) is 0 Å². The zero-order chi connectivity index (χ0) is 23.6. The minimum atomic E-state index is -0.388. The second-order valence-corrected chi connectivity index (χ2v) is 7.44. The molecular formula is C23H29N5O5. The van der Waals surface area contributed by atoms with Crippen LogP contribution in [0.1, 0.15) is 23.7 Å². The number of nitrogens with zero attached hydrogens (tertiary/aromatic N) is 3. The first kappa shape index (κ1) is 24.0. The number of aromatic nitrogens is 1. The molecule has 0 spiro atoms. The van der Waals surface area contributed by atoms with E-state index in [0.29, 0.717) is 43.2 Å². The van der Waals surface area contributed by atoms with Gasteiger partial charge in [-0.1, -0.05) is 0 Å². The van der Waals surface area contributed by atoms with Crippen molar-refractivity contribution in [1.82, 2.24) is 9.88 Å². The van der Waals surface area contributed by atoms with Crippen LogP contribution in [-0.2, 0) is 14.3 Å². The maximum absolute atomic E-state index is 12.7. The molecule has 1 fully saturated rings. The molecule has 0 saturated carbocycles. The Morgan fingerprint density at radius 3 is 2.33 bits per heavy atom. The van der Waals surface area contributed by atoms with Crippen LogP contribution < -0.4 is 15.5 Å². The van der Waals surface area contributed by atoms with Gasteiger partial charge in [0.2, 0.25) is 5.91 Å². The van der Waals surface area contributed by atoms with Crippen molar-refractivity contribution < 1.29 is 23.9 Å². The average molecular weight is 456 g/mol. The third-order valence-electron chi connectivity index (χ3n) is 5.06. The van der Waals surface area contributed by atoms with E-state index in [0.717, 1.165) is 18.8 Å². The molecule has 1 saturated heterocycles. The van der Waals surface area contributed by atoms with E-state index >= 15 is 0 Å². The van der Waals surface area contributed by atoms with Crippen LogP contribution in [0.3, 0.4) is 0 Å². The van der Waals surface area contributed by atoms with Crippen LogP contribution in [0.5, 0.6) is 0 Å². The highest BCUT2D eigenvalue weighted by Gasteiger charge is 2.20. The Balaban J connectivity index is 1.52. The number of amides is 3. The number of benzene rings is 1. The van der Waals surface area contributed by atoms with E-state index in [9.17, 15) is 14.4 Å². The van der Waals surface area contributed by atoms with E-state index in [1.54, 1.807) is 48.2 Å². The monoisotopic (exact) mass is 455 g/mol. The number of urea groups is 1. The van der Waals surface area contributed by atoms with Gasteiger partial charge in [-0.3, -0.25) is 4.79 Å². The highest BCUT2D eigenvalue weighted by molar-refractivity contribution is 5.93. The molecule has 2 aromatic rings. The lowest BCUT2D eigenvalue weighted by atomic mass is 10.2. The van der Waals surface area contributed by atoms with Gasteiger partial charge in [0, 0.05) is 50.9 Å². The minimum absolute atomic E-state index is 0.0183. The van der Waals surface area contributed by atoms with Gasteiger partial charge in [-0.2, -0.15) is 0 Å². The molecule has 2 heterocycles. The highest BCUT2D eigenvalue weighted by atomic mass is 16.5. The number of nitrogens with one attached hydrogen (secondary N) is 2. The molecule has 1 aromatic heterocycles. The molecule has 3 amide bonds. The van der Waals surface area contributed by atoms with Crippen molar-refractivity contribution in [2.75, 3.05) is 62.0 Å². The Kier molecular flexibility index (Phi) is 8.59. The van der Waals surface area contributed by atoms with Crippen molar-refractivity contribution in [2.24, 2.45) is 0 Å². The van der Waals surface area contributed by atoms with Crippen LogP contribution in [-0.4, -0.2) is 74.3 Å². The Bertz CT molecular complexity index is 949. The summed E-state index contributed by atoms with van der Waals surface area (Å²) >= 11 is 0. The van der Waals surface area contributed by atoms with Crippen molar-refractivity contribution >= 4 is 35.1 Å². The molecule has 3 rings (SSSR count). The number of carbonyl (C=O) groups is 3. The fraction of sp³-hybridized carbons (Fsp3) is 0.391. The van der Waals surface area contributed by atoms with E-state index in [4.69, 9.17) is 9.47 Å². The zero-order valence-corrected chi connectivity index (χ0v) is 18.9. The number of hydrogen-bond donors (Lipinski definition) is 2. The molecule has 0 aliphatic carbocycles. The minimum Gasteiger partial charge on any atom is -0.462 e. The van der Waals surface area contributed by atoms with Crippen LogP contribution in [0.15, 0.2) is 42.6 Å². The summed E-state index contributed by atoms with van der Waals surface area (Å²) in [5.74, 6) is 0.130. The molecule has 33 heavy (non-hydrogen) atoms. The summed E-state index contributed by atoms with van der Waals surface area (Å²) in [4.78, 5) is 44.4. The van der Waals surface area contributed by atoms with Gasteiger partial charge < -0.3 is 29.9 Å². The Morgan fingerprint density at radius 1 is 0.970 bits per heavy atom. The summed E-state index contributed by atoms with van der Waals surface area (Å²) in [6.45, 7) is 4.61. The first-order valence-corrected chi connectivity index (χ1v) is 10.8. The Morgan fingerprint density at radius 2 is 1.70 bits per heavy atom. The Labute approximate surface area is 192 Å². The molecule has 0 unspecified atom stereocenters. The molecule has 10 heteroatoms. The predicted molar refractivity (Wildman–Crippen MR) is 125 cm³/mol. The molecule has 0 radical (unpaired) electrons. The molecule has 10 nitrogen and oxygen atoms in total. The summed E-state index contributed by atoms with van der Waals surface area (Å²) < 4.78 is 9.78. The molecule has 1 aliphatic heterocycles. The average Bonchev–Trinajstić information content (AvgIpc) is 3.07. The van der Waals surface area contributed by atoms with Crippen LogP contribution in [0.4, 0.5) is 22.0 Å². The summed E-state index contributed by atoms with van der Waals surface area (Å²) in [5, 5.41) is 5.60. The topological polar surface area (TPSA) is 113 Å². The normalized spacial score (nSPS) is 13.8. The van der Waals surface area contributed by atoms with Gasteiger partial charge in [0.05, 0.1) is 12.2 Å². The molecule has 2 N–H and O–H groups in total. The van der Waals surface area contributed by atoms with Crippen molar-refractivity contribution in [1.29, 1.82) is 0 Å². The standard InChI is InChI=1S/C23H29N5O5/c1-3-33-22(30)17-5-10-20(24-15-17)27-11-4-12-28(14-13-27)23(31)26-19-8-6-18(7-9-19)25-21(29)16-32-2/h5-10,15H,3-4,11-14,16H2,1-2H3,(H,25,29)(H,26,31). The first-order chi connectivity index (χ1) is 16.0. The molecule has 1 aliphatic rings. The number of pyridine rings is 1. The third-order valence-corrected chi connectivity index (χ3v) is 5.06. The van der Waals surface area contributed by atoms with Crippen LogP contribution in [0.25, 0.3) is 0 Å². The fourth-order valence-electron chi connectivity index (χ4n) is 3.43. The van der Waals surface area contributed by atoms with Gasteiger partial charge in [0.15, 0.2) is 0 Å². The molecule has 0 atom stereocenters. The largest absolute Gasteiger partial charge is 0.462 e. The number of hydrogen-bond acceptors (Lipinski definition) is 7. The van der Waals surface area contributed by atoms with Crippen molar-refractivity contribution in [3.8, 4) is 0 Å². The van der Waals surface area contributed by atoms with Crippen molar-refractivity contribution in [3.63, 3.8) is 0 Å². The van der Waals surface area contributed by atoms with Crippen molar-refractivity contribution in [2.45, 2.75) is 13.3 Å². The molecule has 0 bridgehead atoms. The zero-order valence-electron chi connectivity index (χ0n) is 18.9. The number of ether oxygens (including phenoxy) is 2. The van der Waals surface area contributed by atoms with E-state index in [1.807, 2.05) is 0 Å².